The molecule has 2 aromatic carbocycles. The molecule has 2 nitrogen and oxygen atoms in total. The lowest BCUT2D eigenvalue weighted by Gasteiger charge is -2.08. The van der Waals surface area contributed by atoms with Gasteiger partial charge in [0, 0.05) is 35.6 Å². The average Bonchev–Trinajstić information content (AvgIpc) is 2.94. The minimum Gasteiger partial charge on any atom is -0.384 e. The number of pyridine rings is 1. The van der Waals surface area contributed by atoms with Crippen LogP contribution in [-0.4, -0.2) is 11.5 Å². The van der Waals surface area contributed by atoms with E-state index in [-0.39, 0.29) is 0 Å². The van der Waals surface area contributed by atoms with E-state index >= 15 is 0 Å². The largest absolute Gasteiger partial charge is 0.384 e. The Hall–Kier alpha value is -2.35. The van der Waals surface area contributed by atoms with Crippen molar-refractivity contribution >= 4 is 16.5 Å². The smallest absolute Gasteiger partial charge is 0.0379 e. The topological polar surface area (TPSA) is 24.9 Å². The number of hydrogen-bond donors (Lipinski definition) is 1. The van der Waals surface area contributed by atoms with Crippen LogP contribution in [0.5, 0.6) is 0 Å². The van der Waals surface area contributed by atoms with E-state index in [2.05, 4.69) is 52.8 Å². The van der Waals surface area contributed by atoms with Gasteiger partial charge in [-0.05, 0) is 29.0 Å². The molecule has 2 heterocycles. The quantitative estimate of drug-likeness (QED) is 0.705. The van der Waals surface area contributed by atoms with Gasteiger partial charge in [-0.3, -0.25) is 4.98 Å². The molecule has 1 aliphatic rings. The standard InChI is InChI=1S/C17H14N2/c1-2-4-15-14(3-1)10-18-11-16(15)13-6-5-12-7-8-19-17(12)9-13/h1-6,9-11,19H,7-8H2. The second-order valence-electron chi connectivity index (χ2n) is 4.96. The second kappa shape index (κ2) is 4.09. The van der Waals surface area contributed by atoms with Gasteiger partial charge in [0.2, 0.25) is 0 Å². The summed E-state index contributed by atoms with van der Waals surface area (Å²) in [4.78, 5) is 4.36. The van der Waals surface area contributed by atoms with Gasteiger partial charge in [-0.25, -0.2) is 0 Å². The monoisotopic (exact) mass is 246 g/mol. The van der Waals surface area contributed by atoms with Crippen molar-refractivity contribution in [3.05, 3.63) is 60.4 Å². The molecule has 0 radical (unpaired) electrons. The molecule has 1 N–H and O–H groups in total. The van der Waals surface area contributed by atoms with Crippen LogP contribution in [0.15, 0.2) is 54.9 Å². The molecule has 0 spiro atoms. The normalized spacial score (nSPS) is 13.3. The van der Waals surface area contributed by atoms with Gasteiger partial charge < -0.3 is 5.32 Å². The van der Waals surface area contributed by atoms with Gasteiger partial charge in [0.1, 0.15) is 0 Å². The number of anilines is 1. The number of nitrogens with one attached hydrogen (secondary N) is 1. The number of hydrogen-bond acceptors (Lipinski definition) is 2. The molecule has 0 fully saturated rings. The van der Waals surface area contributed by atoms with E-state index in [0.29, 0.717) is 0 Å². The highest BCUT2D eigenvalue weighted by molar-refractivity contribution is 5.96. The third kappa shape index (κ3) is 1.68. The SMILES string of the molecule is c1ccc2c(-c3ccc4c(c3)NCC4)cncc2c1. The summed E-state index contributed by atoms with van der Waals surface area (Å²) in [7, 11) is 0. The van der Waals surface area contributed by atoms with Gasteiger partial charge >= 0.3 is 0 Å². The maximum atomic E-state index is 4.36. The fourth-order valence-corrected chi connectivity index (χ4v) is 2.80. The highest BCUT2D eigenvalue weighted by atomic mass is 14.9. The van der Waals surface area contributed by atoms with E-state index in [1.807, 2.05) is 12.4 Å². The van der Waals surface area contributed by atoms with Crippen molar-refractivity contribution < 1.29 is 0 Å². The van der Waals surface area contributed by atoms with Gasteiger partial charge in [0.05, 0.1) is 0 Å². The van der Waals surface area contributed by atoms with E-state index in [1.165, 1.54) is 33.2 Å². The summed E-state index contributed by atoms with van der Waals surface area (Å²) in [5.41, 5.74) is 5.12. The third-order valence-corrected chi connectivity index (χ3v) is 3.80. The summed E-state index contributed by atoms with van der Waals surface area (Å²) in [6.45, 7) is 1.05. The molecule has 0 atom stereocenters. The minimum absolute atomic E-state index is 1.05. The molecular weight excluding hydrogens is 232 g/mol. The van der Waals surface area contributed by atoms with Crippen molar-refractivity contribution in [3.63, 3.8) is 0 Å². The van der Waals surface area contributed by atoms with Crippen molar-refractivity contribution in [3.8, 4) is 11.1 Å². The summed E-state index contributed by atoms with van der Waals surface area (Å²) in [5.74, 6) is 0. The van der Waals surface area contributed by atoms with Crippen molar-refractivity contribution in [1.29, 1.82) is 0 Å². The van der Waals surface area contributed by atoms with Crippen LogP contribution in [0.3, 0.4) is 0 Å². The lowest BCUT2D eigenvalue weighted by molar-refractivity contribution is 1.11. The Morgan fingerprint density at radius 2 is 1.95 bits per heavy atom. The van der Waals surface area contributed by atoms with Crippen LogP contribution in [0.4, 0.5) is 5.69 Å². The van der Waals surface area contributed by atoms with Crippen LogP contribution in [-0.2, 0) is 6.42 Å². The lowest BCUT2D eigenvalue weighted by Crippen LogP contribution is -1.91. The summed E-state index contributed by atoms with van der Waals surface area (Å²) >= 11 is 0. The Morgan fingerprint density at radius 3 is 2.95 bits per heavy atom. The Labute approximate surface area is 112 Å². The van der Waals surface area contributed by atoms with E-state index in [0.717, 1.165) is 13.0 Å². The molecule has 1 aromatic heterocycles. The van der Waals surface area contributed by atoms with Crippen molar-refractivity contribution in [2.24, 2.45) is 0 Å². The molecule has 19 heavy (non-hydrogen) atoms. The van der Waals surface area contributed by atoms with Crippen LogP contribution in [0.25, 0.3) is 21.9 Å². The predicted molar refractivity (Wildman–Crippen MR) is 79.4 cm³/mol. The van der Waals surface area contributed by atoms with Gasteiger partial charge in [-0.2, -0.15) is 0 Å². The maximum absolute atomic E-state index is 4.36. The fourth-order valence-electron chi connectivity index (χ4n) is 2.80. The van der Waals surface area contributed by atoms with Gasteiger partial charge in [-0.15, -0.1) is 0 Å². The fraction of sp³-hybridized carbons (Fsp3) is 0.118. The maximum Gasteiger partial charge on any atom is 0.0379 e. The first-order valence-corrected chi connectivity index (χ1v) is 6.62. The van der Waals surface area contributed by atoms with E-state index in [4.69, 9.17) is 0 Å². The van der Waals surface area contributed by atoms with Crippen molar-refractivity contribution in [2.45, 2.75) is 6.42 Å². The van der Waals surface area contributed by atoms with Gasteiger partial charge in [-0.1, -0.05) is 36.4 Å². The third-order valence-electron chi connectivity index (χ3n) is 3.80. The Kier molecular flexibility index (Phi) is 2.27. The average molecular weight is 246 g/mol. The molecule has 0 amide bonds. The molecule has 2 heteroatoms. The molecule has 0 saturated heterocycles. The molecule has 3 aromatic rings. The summed E-state index contributed by atoms with van der Waals surface area (Å²) in [6, 6.07) is 15.1. The molecule has 0 bridgehead atoms. The molecule has 1 aliphatic heterocycles. The van der Waals surface area contributed by atoms with E-state index in [1.54, 1.807) is 0 Å². The Bertz CT molecular complexity index is 757. The predicted octanol–water partition coefficient (Wildman–Crippen LogP) is 3.87. The minimum atomic E-state index is 1.05. The van der Waals surface area contributed by atoms with Crippen LogP contribution in [0.2, 0.25) is 0 Å². The van der Waals surface area contributed by atoms with Crippen molar-refractivity contribution in [2.75, 3.05) is 11.9 Å². The summed E-state index contributed by atoms with van der Waals surface area (Å²) in [5, 5.41) is 5.89. The van der Waals surface area contributed by atoms with Crippen LogP contribution >= 0.6 is 0 Å². The molecule has 0 unspecified atom stereocenters. The molecular formula is C17H14N2. The number of fused-ring (bicyclic) bond motifs is 2. The first-order chi connectivity index (χ1) is 9.42. The van der Waals surface area contributed by atoms with E-state index < -0.39 is 0 Å². The first kappa shape index (κ1) is 10.6. The molecule has 0 saturated carbocycles. The zero-order valence-corrected chi connectivity index (χ0v) is 10.6. The lowest BCUT2D eigenvalue weighted by atomic mass is 9.99. The molecule has 4 rings (SSSR count). The number of rotatable bonds is 1. The summed E-state index contributed by atoms with van der Waals surface area (Å²) in [6.07, 6.45) is 5.01. The summed E-state index contributed by atoms with van der Waals surface area (Å²) < 4.78 is 0. The van der Waals surface area contributed by atoms with Crippen LogP contribution in [0, 0.1) is 0 Å². The number of aromatic nitrogens is 1. The van der Waals surface area contributed by atoms with Crippen LogP contribution < -0.4 is 5.32 Å². The zero-order valence-electron chi connectivity index (χ0n) is 10.6. The Morgan fingerprint density at radius 1 is 1.00 bits per heavy atom. The van der Waals surface area contributed by atoms with Crippen LogP contribution in [0.1, 0.15) is 5.56 Å². The highest BCUT2D eigenvalue weighted by Gasteiger charge is 2.11. The first-order valence-electron chi connectivity index (χ1n) is 6.62. The Balaban J connectivity index is 1.95. The molecule has 0 aliphatic carbocycles. The number of benzene rings is 2. The van der Waals surface area contributed by atoms with Crippen molar-refractivity contribution in [1.82, 2.24) is 4.98 Å². The second-order valence-corrected chi connectivity index (χ2v) is 4.96. The highest BCUT2D eigenvalue weighted by Crippen LogP contribution is 2.32. The van der Waals surface area contributed by atoms with Gasteiger partial charge in [0.25, 0.3) is 0 Å². The number of nitrogens with zero attached hydrogens (tertiary/aromatic N) is 1. The molecule has 92 valence electrons. The van der Waals surface area contributed by atoms with Gasteiger partial charge in [0.15, 0.2) is 0 Å². The zero-order chi connectivity index (χ0) is 12.7. The van der Waals surface area contributed by atoms with E-state index in [9.17, 15) is 0 Å².